The number of benzene rings is 1. The van der Waals surface area contributed by atoms with Crippen molar-refractivity contribution in [2.45, 2.75) is 26.8 Å². The van der Waals surface area contributed by atoms with Gasteiger partial charge in [0, 0.05) is 6.20 Å². The Morgan fingerprint density at radius 3 is 2.76 bits per heavy atom. The molecule has 3 rings (SSSR count). The molecule has 130 valence electrons. The van der Waals surface area contributed by atoms with Crippen LogP contribution in [0, 0.1) is 5.92 Å². The average Bonchev–Trinajstić information content (AvgIpc) is 3.03. The molecule has 1 unspecified atom stereocenters. The SMILES string of the molecule is CCOc1ncccc1C(=O)NC(c1nc2ccccc2[nH]1)C(C)C. The number of pyridine rings is 1. The maximum atomic E-state index is 12.8. The van der Waals surface area contributed by atoms with Gasteiger partial charge in [-0.15, -0.1) is 0 Å². The van der Waals surface area contributed by atoms with Gasteiger partial charge < -0.3 is 15.0 Å². The molecule has 0 radical (unpaired) electrons. The monoisotopic (exact) mass is 338 g/mol. The second-order valence-electron chi connectivity index (χ2n) is 6.12. The summed E-state index contributed by atoms with van der Waals surface area (Å²) in [5.41, 5.74) is 2.26. The Hall–Kier alpha value is -2.89. The van der Waals surface area contributed by atoms with Crippen molar-refractivity contribution in [1.82, 2.24) is 20.3 Å². The second kappa shape index (κ2) is 7.34. The lowest BCUT2D eigenvalue weighted by molar-refractivity contribution is 0.0918. The summed E-state index contributed by atoms with van der Waals surface area (Å²) >= 11 is 0. The Kier molecular flexibility index (Phi) is 4.97. The third kappa shape index (κ3) is 3.63. The van der Waals surface area contributed by atoms with Crippen LogP contribution in [-0.4, -0.2) is 27.5 Å². The number of nitrogens with one attached hydrogen (secondary N) is 2. The number of fused-ring (bicyclic) bond motifs is 1. The number of nitrogens with zero attached hydrogens (tertiary/aromatic N) is 2. The van der Waals surface area contributed by atoms with Gasteiger partial charge in [0.15, 0.2) is 0 Å². The first-order valence-electron chi connectivity index (χ1n) is 8.43. The molecule has 1 aromatic carbocycles. The number of para-hydroxylation sites is 2. The molecular formula is C19H22N4O2. The van der Waals surface area contributed by atoms with Gasteiger partial charge in [-0.25, -0.2) is 9.97 Å². The zero-order valence-electron chi connectivity index (χ0n) is 14.6. The Morgan fingerprint density at radius 2 is 2.04 bits per heavy atom. The summed E-state index contributed by atoms with van der Waals surface area (Å²) in [5.74, 6) is 1.02. The summed E-state index contributed by atoms with van der Waals surface area (Å²) < 4.78 is 5.46. The predicted molar refractivity (Wildman–Crippen MR) is 96.5 cm³/mol. The average molecular weight is 338 g/mol. The number of H-pyrrole nitrogens is 1. The van der Waals surface area contributed by atoms with Gasteiger partial charge in [-0.05, 0) is 37.1 Å². The number of carbonyl (C=O) groups is 1. The van der Waals surface area contributed by atoms with E-state index in [9.17, 15) is 4.79 Å². The minimum Gasteiger partial charge on any atom is -0.477 e. The first-order chi connectivity index (χ1) is 12.1. The Bertz CT molecular complexity index is 839. The summed E-state index contributed by atoms with van der Waals surface area (Å²) in [4.78, 5) is 24.8. The number of rotatable bonds is 6. The van der Waals surface area contributed by atoms with Crippen LogP contribution in [0.4, 0.5) is 0 Å². The molecule has 3 aromatic rings. The quantitative estimate of drug-likeness (QED) is 0.721. The van der Waals surface area contributed by atoms with E-state index in [1.165, 1.54) is 0 Å². The van der Waals surface area contributed by atoms with Gasteiger partial charge in [0.25, 0.3) is 5.91 Å². The lowest BCUT2D eigenvalue weighted by atomic mass is 10.0. The molecule has 0 spiro atoms. The summed E-state index contributed by atoms with van der Waals surface area (Å²) in [6.07, 6.45) is 1.61. The number of ether oxygens (including phenoxy) is 1. The summed E-state index contributed by atoms with van der Waals surface area (Å²) in [6.45, 7) is 6.41. The minimum atomic E-state index is -0.241. The number of hydrogen-bond acceptors (Lipinski definition) is 4. The van der Waals surface area contributed by atoms with Crippen molar-refractivity contribution in [2.24, 2.45) is 5.92 Å². The van der Waals surface area contributed by atoms with Gasteiger partial charge >= 0.3 is 0 Å². The molecule has 0 saturated carbocycles. The lowest BCUT2D eigenvalue weighted by Gasteiger charge is -2.21. The molecule has 1 amide bonds. The van der Waals surface area contributed by atoms with Crippen molar-refractivity contribution < 1.29 is 9.53 Å². The van der Waals surface area contributed by atoms with E-state index in [1.807, 2.05) is 45.0 Å². The second-order valence-corrected chi connectivity index (χ2v) is 6.12. The maximum Gasteiger partial charge on any atom is 0.257 e. The standard InChI is InChI=1S/C19H22N4O2/c1-4-25-19-13(8-7-11-20-19)18(24)23-16(12(2)3)17-21-14-9-5-6-10-15(14)22-17/h5-12,16H,4H2,1-3H3,(H,21,22)(H,23,24). The van der Waals surface area contributed by atoms with Crippen LogP contribution in [-0.2, 0) is 0 Å². The number of aromatic amines is 1. The lowest BCUT2D eigenvalue weighted by Crippen LogP contribution is -2.33. The largest absolute Gasteiger partial charge is 0.477 e. The highest BCUT2D eigenvalue weighted by Gasteiger charge is 2.24. The van der Waals surface area contributed by atoms with Gasteiger partial charge in [-0.1, -0.05) is 26.0 Å². The molecule has 2 heterocycles. The Balaban J connectivity index is 1.88. The fourth-order valence-corrected chi connectivity index (χ4v) is 2.70. The molecule has 0 aliphatic rings. The van der Waals surface area contributed by atoms with Crippen LogP contribution in [0.3, 0.4) is 0 Å². The van der Waals surface area contributed by atoms with E-state index in [0.29, 0.717) is 18.1 Å². The molecule has 2 aromatic heterocycles. The molecule has 0 bridgehead atoms. The number of aromatic nitrogens is 3. The molecule has 6 nitrogen and oxygen atoms in total. The van der Waals surface area contributed by atoms with Crippen molar-refractivity contribution in [2.75, 3.05) is 6.61 Å². The first-order valence-corrected chi connectivity index (χ1v) is 8.43. The fourth-order valence-electron chi connectivity index (χ4n) is 2.70. The highest BCUT2D eigenvalue weighted by molar-refractivity contribution is 5.96. The molecule has 0 saturated heterocycles. The van der Waals surface area contributed by atoms with E-state index in [2.05, 4.69) is 20.3 Å². The van der Waals surface area contributed by atoms with Gasteiger partial charge in [-0.3, -0.25) is 4.79 Å². The molecule has 2 N–H and O–H groups in total. The van der Waals surface area contributed by atoms with E-state index in [1.54, 1.807) is 18.3 Å². The summed E-state index contributed by atoms with van der Waals surface area (Å²) in [5, 5.41) is 3.06. The van der Waals surface area contributed by atoms with E-state index in [-0.39, 0.29) is 17.9 Å². The van der Waals surface area contributed by atoms with Crippen LogP contribution in [0.25, 0.3) is 11.0 Å². The van der Waals surface area contributed by atoms with Crippen LogP contribution >= 0.6 is 0 Å². The van der Waals surface area contributed by atoms with Crippen LogP contribution in [0.15, 0.2) is 42.6 Å². The molecular weight excluding hydrogens is 316 g/mol. The third-order valence-corrected chi connectivity index (χ3v) is 3.95. The number of amides is 1. The highest BCUT2D eigenvalue weighted by atomic mass is 16.5. The van der Waals surface area contributed by atoms with Crippen molar-refractivity contribution in [3.63, 3.8) is 0 Å². The number of hydrogen-bond donors (Lipinski definition) is 2. The van der Waals surface area contributed by atoms with Gasteiger partial charge in [0.1, 0.15) is 11.4 Å². The Labute approximate surface area is 146 Å². The highest BCUT2D eigenvalue weighted by Crippen LogP contribution is 2.24. The smallest absolute Gasteiger partial charge is 0.257 e. The van der Waals surface area contributed by atoms with E-state index in [0.717, 1.165) is 16.9 Å². The normalized spacial score (nSPS) is 12.3. The molecule has 0 fully saturated rings. The van der Waals surface area contributed by atoms with Crippen molar-refractivity contribution in [3.8, 4) is 5.88 Å². The fraction of sp³-hybridized carbons (Fsp3) is 0.316. The first kappa shape index (κ1) is 17.0. The van der Waals surface area contributed by atoms with Crippen molar-refractivity contribution in [1.29, 1.82) is 0 Å². The predicted octanol–water partition coefficient (Wildman–Crippen LogP) is 3.48. The minimum absolute atomic E-state index is 0.164. The van der Waals surface area contributed by atoms with Crippen molar-refractivity contribution >= 4 is 16.9 Å². The molecule has 25 heavy (non-hydrogen) atoms. The molecule has 0 aliphatic carbocycles. The zero-order chi connectivity index (χ0) is 17.8. The van der Waals surface area contributed by atoms with Crippen LogP contribution in [0.1, 0.15) is 43.0 Å². The zero-order valence-corrected chi connectivity index (χ0v) is 14.6. The Morgan fingerprint density at radius 1 is 1.24 bits per heavy atom. The third-order valence-electron chi connectivity index (χ3n) is 3.95. The van der Waals surface area contributed by atoms with E-state index in [4.69, 9.17) is 4.74 Å². The van der Waals surface area contributed by atoms with Crippen LogP contribution in [0.5, 0.6) is 5.88 Å². The van der Waals surface area contributed by atoms with Gasteiger partial charge in [0.05, 0.1) is 23.7 Å². The molecule has 1 atom stereocenters. The number of imidazole rings is 1. The van der Waals surface area contributed by atoms with Crippen LogP contribution in [0.2, 0.25) is 0 Å². The van der Waals surface area contributed by atoms with Crippen LogP contribution < -0.4 is 10.1 Å². The van der Waals surface area contributed by atoms with Crippen molar-refractivity contribution in [3.05, 3.63) is 54.0 Å². The van der Waals surface area contributed by atoms with E-state index < -0.39 is 0 Å². The topological polar surface area (TPSA) is 79.9 Å². The summed E-state index contributed by atoms with van der Waals surface area (Å²) in [6, 6.07) is 11.0. The van der Waals surface area contributed by atoms with Gasteiger partial charge in [-0.2, -0.15) is 0 Å². The summed E-state index contributed by atoms with van der Waals surface area (Å²) in [7, 11) is 0. The van der Waals surface area contributed by atoms with E-state index >= 15 is 0 Å². The molecule has 6 heteroatoms. The molecule has 0 aliphatic heterocycles. The number of carbonyl (C=O) groups excluding carboxylic acids is 1. The van der Waals surface area contributed by atoms with Gasteiger partial charge in [0.2, 0.25) is 5.88 Å². The maximum absolute atomic E-state index is 12.8.